The van der Waals surface area contributed by atoms with Crippen LogP contribution >= 0.6 is 0 Å². The Morgan fingerprint density at radius 2 is 1.85 bits per heavy atom. The van der Waals surface area contributed by atoms with Gasteiger partial charge in [0, 0.05) is 23.6 Å². The summed E-state index contributed by atoms with van der Waals surface area (Å²) in [6.07, 6.45) is 2.10. The van der Waals surface area contributed by atoms with Gasteiger partial charge in [-0.2, -0.15) is 0 Å². The number of anilines is 1. The van der Waals surface area contributed by atoms with Crippen molar-refractivity contribution < 1.29 is 18.6 Å². The smallest absolute Gasteiger partial charge is 0.335 e. The van der Waals surface area contributed by atoms with Crippen LogP contribution < -0.4 is 21.3 Å². The number of hydrogen-bond donors (Lipinski definition) is 4. The predicted octanol–water partition coefficient (Wildman–Crippen LogP) is 4.10. The SMILES string of the molecule is COc1ccccc1NC(=NCCc1c[nH]c2ccc(F)cc12)c1c(O)n(-c2ccccc2F)c(=O)[nH]c1=O. The predicted molar refractivity (Wildman–Crippen MR) is 144 cm³/mol. The number of benzene rings is 3. The van der Waals surface area contributed by atoms with E-state index in [9.17, 15) is 23.5 Å². The third-order valence-electron chi connectivity index (χ3n) is 6.16. The number of hydrogen-bond acceptors (Lipinski definition) is 5. The number of nitrogens with one attached hydrogen (secondary N) is 3. The Morgan fingerprint density at radius 1 is 1.08 bits per heavy atom. The standard InChI is InChI=1S/C28H23F2N5O4/c1-39-23-9-5-3-7-21(23)33-25(31-13-12-16-15-32-20-11-10-17(29)14-18(16)20)24-26(36)34-28(38)35(27(24)37)22-8-4-2-6-19(22)30/h2-11,14-15,32,37H,12-13H2,1H3,(H,31,33)(H,34,36,38). The van der Waals surface area contributed by atoms with Gasteiger partial charge in [-0.1, -0.05) is 24.3 Å². The van der Waals surface area contributed by atoms with Gasteiger partial charge in [-0.15, -0.1) is 0 Å². The number of para-hydroxylation sites is 3. The number of aromatic nitrogens is 3. The van der Waals surface area contributed by atoms with Crippen LogP contribution in [0.4, 0.5) is 14.5 Å². The van der Waals surface area contributed by atoms with E-state index in [4.69, 9.17) is 4.74 Å². The average molecular weight is 532 g/mol. The average Bonchev–Trinajstić information content (AvgIpc) is 3.31. The molecule has 2 aromatic heterocycles. The van der Waals surface area contributed by atoms with E-state index >= 15 is 0 Å². The van der Waals surface area contributed by atoms with Crippen LogP contribution in [-0.4, -0.2) is 39.1 Å². The van der Waals surface area contributed by atoms with E-state index in [0.29, 0.717) is 27.8 Å². The molecule has 11 heteroatoms. The maximum absolute atomic E-state index is 14.6. The number of aromatic hydroxyl groups is 1. The lowest BCUT2D eigenvalue weighted by atomic mass is 10.1. The van der Waals surface area contributed by atoms with Gasteiger partial charge in [0.2, 0.25) is 5.88 Å². The molecule has 0 fully saturated rings. The third kappa shape index (κ3) is 5.01. The molecular weight excluding hydrogens is 508 g/mol. The van der Waals surface area contributed by atoms with Crippen LogP contribution in [0.15, 0.2) is 87.5 Å². The topological polar surface area (TPSA) is 124 Å². The van der Waals surface area contributed by atoms with Crippen LogP contribution in [0.5, 0.6) is 11.6 Å². The summed E-state index contributed by atoms with van der Waals surface area (Å²) in [6, 6.07) is 16.6. The summed E-state index contributed by atoms with van der Waals surface area (Å²) in [4.78, 5) is 35.4. The highest BCUT2D eigenvalue weighted by atomic mass is 19.1. The molecular formula is C28H23F2N5O4. The number of amidine groups is 1. The van der Waals surface area contributed by atoms with E-state index < -0.39 is 22.9 Å². The van der Waals surface area contributed by atoms with E-state index in [2.05, 4.69) is 20.3 Å². The number of H-pyrrole nitrogens is 2. The molecule has 0 saturated carbocycles. The first-order valence-electron chi connectivity index (χ1n) is 11.9. The van der Waals surface area contributed by atoms with Gasteiger partial charge in [0.1, 0.15) is 28.8 Å². The molecule has 0 radical (unpaired) electrons. The van der Waals surface area contributed by atoms with Crippen molar-refractivity contribution in [1.82, 2.24) is 14.5 Å². The minimum Gasteiger partial charge on any atom is -0.495 e. The van der Waals surface area contributed by atoms with E-state index in [1.807, 2.05) is 0 Å². The summed E-state index contributed by atoms with van der Waals surface area (Å²) in [5, 5.41) is 14.8. The molecule has 0 spiro atoms. The van der Waals surface area contributed by atoms with Crippen LogP contribution in [0.3, 0.4) is 0 Å². The second-order valence-electron chi connectivity index (χ2n) is 8.55. The lowest BCUT2D eigenvalue weighted by Gasteiger charge is -2.16. The highest BCUT2D eigenvalue weighted by Gasteiger charge is 2.23. The second-order valence-corrected chi connectivity index (χ2v) is 8.55. The van der Waals surface area contributed by atoms with E-state index in [1.54, 1.807) is 36.5 Å². The molecule has 2 heterocycles. The number of halogens is 2. The first kappa shape index (κ1) is 25.5. The molecule has 9 nitrogen and oxygen atoms in total. The minimum atomic E-state index is -1.02. The van der Waals surface area contributed by atoms with Gasteiger partial charge < -0.3 is 20.1 Å². The van der Waals surface area contributed by atoms with E-state index in [1.165, 1.54) is 37.4 Å². The van der Waals surface area contributed by atoms with Crippen molar-refractivity contribution in [2.45, 2.75) is 6.42 Å². The molecule has 0 saturated heterocycles. The fourth-order valence-electron chi connectivity index (χ4n) is 4.30. The van der Waals surface area contributed by atoms with Crippen LogP contribution in [0.1, 0.15) is 11.1 Å². The van der Waals surface area contributed by atoms with Gasteiger partial charge in [-0.05, 0) is 54.4 Å². The number of fused-ring (bicyclic) bond motifs is 1. The van der Waals surface area contributed by atoms with Crippen LogP contribution in [0.25, 0.3) is 16.6 Å². The number of nitrogens with zero attached hydrogens (tertiary/aromatic N) is 2. The molecule has 5 rings (SSSR count). The Kier molecular flexibility index (Phi) is 6.96. The first-order valence-corrected chi connectivity index (χ1v) is 11.9. The first-order chi connectivity index (χ1) is 18.9. The summed E-state index contributed by atoms with van der Waals surface area (Å²) in [5.74, 6) is -1.62. The molecule has 0 unspecified atom stereocenters. The van der Waals surface area contributed by atoms with Crippen LogP contribution in [0, 0.1) is 11.6 Å². The molecule has 3 aromatic carbocycles. The van der Waals surface area contributed by atoms with Gasteiger partial charge in [0.25, 0.3) is 5.56 Å². The maximum Gasteiger partial charge on any atom is 0.335 e. The Morgan fingerprint density at radius 3 is 2.64 bits per heavy atom. The number of aliphatic imine (C=N–C) groups is 1. The molecule has 0 aliphatic carbocycles. The van der Waals surface area contributed by atoms with E-state index in [-0.39, 0.29) is 29.4 Å². The van der Waals surface area contributed by atoms with Crippen molar-refractivity contribution in [3.8, 4) is 17.3 Å². The van der Waals surface area contributed by atoms with Crippen molar-refractivity contribution in [1.29, 1.82) is 0 Å². The number of methoxy groups -OCH3 is 1. The summed E-state index contributed by atoms with van der Waals surface area (Å²) >= 11 is 0. The molecule has 198 valence electrons. The zero-order chi connectivity index (χ0) is 27.5. The summed E-state index contributed by atoms with van der Waals surface area (Å²) in [5.41, 5.74) is -0.614. The lowest BCUT2D eigenvalue weighted by Crippen LogP contribution is -2.35. The van der Waals surface area contributed by atoms with Gasteiger partial charge in [0.15, 0.2) is 0 Å². The molecule has 5 aromatic rings. The Labute approximate surface area is 220 Å². The number of ether oxygens (including phenoxy) is 1. The molecule has 4 N–H and O–H groups in total. The lowest BCUT2D eigenvalue weighted by molar-refractivity contribution is 0.417. The zero-order valence-electron chi connectivity index (χ0n) is 20.7. The van der Waals surface area contributed by atoms with Gasteiger partial charge in [0.05, 0.1) is 18.5 Å². The summed E-state index contributed by atoms with van der Waals surface area (Å²) in [6.45, 7) is 0.110. The monoisotopic (exact) mass is 531 g/mol. The zero-order valence-corrected chi connectivity index (χ0v) is 20.7. The highest BCUT2D eigenvalue weighted by Crippen LogP contribution is 2.26. The van der Waals surface area contributed by atoms with Gasteiger partial charge in [-0.25, -0.2) is 18.1 Å². The summed E-state index contributed by atoms with van der Waals surface area (Å²) in [7, 11) is 1.47. The van der Waals surface area contributed by atoms with Crippen molar-refractivity contribution in [3.05, 3.63) is 117 Å². The van der Waals surface area contributed by atoms with Gasteiger partial charge in [-0.3, -0.25) is 14.8 Å². The molecule has 0 bridgehead atoms. The Balaban J connectivity index is 1.61. The molecule has 0 atom stereocenters. The van der Waals surface area contributed by atoms with Gasteiger partial charge >= 0.3 is 5.69 Å². The molecule has 0 aliphatic heterocycles. The van der Waals surface area contributed by atoms with Crippen molar-refractivity contribution in [2.75, 3.05) is 19.0 Å². The highest BCUT2D eigenvalue weighted by molar-refractivity contribution is 6.10. The number of rotatable bonds is 7. The third-order valence-corrected chi connectivity index (χ3v) is 6.16. The number of aromatic amines is 2. The quantitative estimate of drug-likeness (QED) is 0.186. The maximum atomic E-state index is 14.6. The minimum absolute atomic E-state index is 0.0886. The molecule has 0 aliphatic rings. The van der Waals surface area contributed by atoms with Crippen molar-refractivity contribution in [2.24, 2.45) is 4.99 Å². The second kappa shape index (κ2) is 10.7. The fraction of sp³-hybridized carbons (Fsp3) is 0.107. The van der Waals surface area contributed by atoms with Crippen LogP contribution in [0.2, 0.25) is 0 Å². The normalized spacial score (nSPS) is 11.6. The van der Waals surface area contributed by atoms with Crippen molar-refractivity contribution in [3.63, 3.8) is 0 Å². The Hall–Kier alpha value is -5.19. The van der Waals surface area contributed by atoms with Crippen LogP contribution in [-0.2, 0) is 6.42 Å². The Bertz CT molecular complexity index is 1820. The largest absolute Gasteiger partial charge is 0.495 e. The molecule has 39 heavy (non-hydrogen) atoms. The fourth-order valence-corrected chi connectivity index (χ4v) is 4.30. The van der Waals surface area contributed by atoms with Crippen molar-refractivity contribution >= 4 is 22.4 Å². The summed E-state index contributed by atoms with van der Waals surface area (Å²) < 4.78 is 34.4. The molecule has 0 amide bonds. The van der Waals surface area contributed by atoms with E-state index in [0.717, 1.165) is 17.1 Å².